The van der Waals surface area contributed by atoms with Crippen molar-refractivity contribution in [2.75, 3.05) is 0 Å². The van der Waals surface area contributed by atoms with Crippen LogP contribution in [0.2, 0.25) is 0 Å². The van der Waals surface area contributed by atoms with E-state index in [9.17, 15) is 17.6 Å². The summed E-state index contributed by atoms with van der Waals surface area (Å²) in [5.41, 5.74) is -1.54. The second-order valence-corrected chi connectivity index (χ2v) is 8.02. The van der Waals surface area contributed by atoms with Gasteiger partial charge in [-0.1, -0.05) is 48.5 Å². The summed E-state index contributed by atoms with van der Waals surface area (Å²) < 4.78 is 64.9. The van der Waals surface area contributed by atoms with E-state index in [0.29, 0.717) is 0 Å². The SMILES string of the molecule is CC(C)C(C)(C)C1(CC(C)(C)C)OC(F)(F)CC(F)(F)O1. The Bertz CT molecular complexity index is 362. The van der Waals surface area contributed by atoms with Crippen molar-refractivity contribution in [2.45, 2.75) is 79.3 Å². The highest BCUT2D eigenvalue weighted by Crippen LogP contribution is 2.56. The van der Waals surface area contributed by atoms with Gasteiger partial charge in [-0.3, -0.25) is 9.47 Å². The first-order chi connectivity index (χ1) is 9.02. The number of hydrogen-bond donors (Lipinski definition) is 0. The van der Waals surface area contributed by atoms with Crippen molar-refractivity contribution in [3.05, 3.63) is 0 Å². The molecule has 6 heteroatoms. The molecule has 0 aromatic heterocycles. The van der Waals surface area contributed by atoms with Crippen molar-refractivity contribution in [3.63, 3.8) is 0 Å². The van der Waals surface area contributed by atoms with Crippen LogP contribution in [0.4, 0.5) is 17.6 Å². The van der Waals surface area contributed by atoms with Gasteiger partial charge in [-0.2, -0.15) is 17.6 Å². The molecule has 0 atom stereocenters. The quantitative estimate of drug-likeness (QED) is 0.647. The minimum absolute atomic E-state index is 0.0592. The van der Waals surface area contributed by atoms with Gasteiger partial charge in [0, 0.05) is 11.8 Å². The van der Waals surface area contributed by atoms with Crippen LogP contribution in [0, 0.1) is 16.7 Å². The second-order valence-electron chi connectivity index (χ2n) is 8.02. The van der Waals surface area contributed by atoms with Crippen molar-refractivity contribution < 1.29 is 27.0 Å². The van der Waals surface area contributed by atoms with Gasteiger partial charge in [0.05, 0.1) is 0 Å². The summed E-state index contributed by atoms with van der Waals surface area (Å²) >= 11 is 0. The molecule has 1 saturated heterocycles. The normalized spacial score (nSPS) is 25.1. The molecule has 2 nitrogen and oxygen atoms in total. The van der Waals surface area contributed by atoms with Gasteiger partial charge in [0.15, 0.2) is 5.79 Å². The Labute approximate surface area is 124 Å². The fraction of sp³-hybridized carbons (Fsp3) is 1.00. The third kappa shape index (κ3) is 4.09. The summed E-state index contributed by atoms with van der Waals surface area (Å²) in [6.07, 6.45) is -9.64. The highest BCUT2D eigenvalue weighted by Gasteiger charge is 2.65. The Kier molecular flexibility index (Phi) is 4.52. The van der Waals surface area contributed by atoms with Crippen molar-refractivity contribution in [3.8, 4) is 0 Å². The van der Waals surface area contributed by atoms with Crippen LogP contribution in [0.3, 0.4) is 0 Å². The number of rotatable bonds is 3. The summed E-state index contributed by atoms with van der Waals surface area (Å²) in [4.78, 5) is 0. The van der Waals surface area contributed by atoms with Crippen LogP contribution in [0.15, 0.2) is 0 Å². The topological polar surface area (TPSA) is 18.5 Å². The number of halogens is 4. The van der Waals surface area contributed by atoms with E-state index in [-0.39, 0.29) is 12.3 Å². The molecule has 126 valence electrons. The largest absolute Gasteiger partial charge is 0.366 e. The van der Waals surface area contributed by atoms with E-state index >= 15 is 0 Å². The number of hydrogen-bond acceptors (Lipinski definition) is 2. The van der Waals surface area contributed by atoms with Crippen molar-refractivity contribution >= 4 is 0 Å². The molecule has 21 heavy (non-hydrogen) atoms. The molecular formula is C15H26F4O2. The van der Waals surface area contributed by atoms with Crippen molar-refractivity contribution in [2.24, 2.45) is 16.7 Å². The molecule has 1 rings (SSSR count). The molecule has 0 spiro atoms. The number of alkyl halides is 4. The molecule has 0 aromatic carbocycles. The Balaban J connectivity index is 3.38. The molecule has 0 unspecified atom stereocenters. The summed E-state index contributed by atoms with van der Waals surface area (Å²) in [6, 6.07) is 0. The average Bonchev–Trinajstić information content (AvgIpc) is 2.07. The van der Waals surface area contributed by atoms with Gasteiger partial charge in [-0.15, -0.1) is 0 Å². The first-order valence-electron chi connectivity index (χ1n) is 7.18. The maximum absolute atomic E-state index is 13.8. The van der Waals surface area contributed by atoms with Crippen molar-refractivity contribution in [1.82, 2.24) is 0 Å². The number of ether oxygens (including phenoxy) is 2. The van der Waals surface area contributed by atoms with Gasteiger partial charge in [-0.05, 0) is 11.3 Å². The molecule has 0 aliphatic carbocycles. The Hall–Kier alpha value is -0.360. The predicted octanol–water partition coefficient (Wildman–Crippen LogP) is 5.42. The second kappa shape index (κ2) is 5.08. The van der Waals surface area contributed by atoms with Crippen LogP contribution in [-0.2, 0) is 9.47 Å². The van der Waals surface area contributed by atoms with Gasteiger partial charge in [0.25, 0.3) is 0 Å². The first-order valence-corrected chi connectivity index (χ1v) is 7.18. The lowest BCUT2D eigenvalue weighted by atomic mass is 9.68. The van der Waals surface area contributed by atoms with E-state index in [1.165, 1.54) is 0 Å². The van der Waals surface area contributed by atoms with Crippen LogP contribution >= 0.6 is 0 Å². The van der Waals surface area contributed by atoms with Crippen LogP contribution in [0.25, 0.3) is 0 Å². The van der Waals surface area contributed by atoms with E-state index in [0.717, 1.165) is 0 Å². The standard InChI is InChI=1S/C15H26F4O2/c1-10(2)12(6,7)13(8-11(3,4)5)20-14(16,17)9-15(18,19)21-13/h10H,8-9H2,1-7H3. The molecule has 0 saturated carbocycles. The summed E-state index contributed by atoms with van der Waals surface area (Å²) in [6.45, 7) is 12.2. The van der Waals surface area contributed by atoms with Crippen molar-refractivity contribution in [1.29, 1.82) is 0 Å². The third-order valence-electron chi connectivity index (χ3n) is 4.23. The van der Waals surface area contributed by atoms with E-state index in [1.54, 1.807) is 48.5 Å². The first kappa shape index (κ1) is 18.7. The van der Waals surface area contributed by atoms with Gasteiger partial charge in [-0.25, -0.2) is 0 Å². The van der Waals surface area contributed by atoms with E-state index < -0.39 is 35.3 Å². The summed E-state index contributed by atoms with van der Waals surface area (Å²) in [7, 11) is 0. The lowest BCUT2D eigenvalue weighted by Gasteiger charge is -2.55. The zero-order valence-corrected chi connectivity index (χ0v) is 13.8. The predicted molar refractivity (Wildman–Crippen MR) is 72.1 cm³/mol. The van der Waals surface area contributed by atoms with E-state index in [4.69, 9.17) is 9.47 Å². The van der Waals surface area contributed by atoms with Gasteiger partial charge in [0.2, 0.25) is 0 Å². The molecule has 1 heterocycles. The zero-order chi connectivity index (χ0) is 16.9. The molecule has 0 N–H and O–H groups in total. The third-order valence-corrected chi connectivity index (χ3v) is 4.23. The fourth-order valence-electron chi connectivity index (χ4n) is 2.52. The smallest absolute Gasteiger partial charge is 0.287 e. The van der Waals surface area contributed by atoms with Gasteiger partial charge >= 0.3 is 12.2 Å². The van der Waals surface area contributed by atoms with Gasteiger partial charge < -0.3 is 0 Å². The average molecular weight is 314 g/mol. The lowest BCUT2D eigenvalue weighted by molar-refractivity contribution is -0.515. The Morgan fingerprint density at radius 2 is 1.29 bits per heavy atom. The maximum atomic E-state index is 13.8. The molecular weight excluding hydrogens is 288 g/mol. The fourth-order valence-corrected chi connectivity index (χ4v) is 2.52. The monoisotopic (exact) mass is 314 g/mol. The van der Waals surface area contributed by atoms with Gasteiger partial charge in [0.1, 0.15) is 6.42 Å². The Morgan fingerprint density at radius 3 is 1.57 bits per heavy atom. The van der Waals surface area contributed by atoms with Crippen LogP contribution < -0.4 is 0 Å². The molecule has 1 aliphatic rings. The minimum Gasteiger partial charge on any atom is -0.287 e. The van der Waals surface area contributed by atoms with E-state index in [2.05, 4.69) is 0 Å². The zero-order valence-electron chi connectivity index (χ0n) is 13.8. The lowest BCUT2D eigenvalue weighted by Crippen LogP contribution is -2.63. The van der Waals surface area contributed by atoms with Crippen LogP contribution in [0.1, 0.15) is 61.3 Å². The highest BCUT2D eigenvalue weighted by atomic mass is 19.3. The molecule has 0 radical (unpaired) electrons. The molecule has 1 fully saturated rings. The maximum Gasteiger partial charge on any atom is 0.366 e. The van der Waals surface area contributed by atoms with Crippen LogP contribution in [-0.4, -0.2) is 18.0 Å². The molecule has 1 aliphatic heterocycles. The van der Waals surface area contributed by atoms with E-state index in [1.807, 2.05) is 0 Å². The molecule has 0 aromatic rings. The Morgan fingerprint density at radius 1 is 0.905 bits per heavy atom. The highest BCUT2D eigenvalue weighted by molar-refractivity contribution is 4.96. The van der Waals surface area contributed by atoms with Crippen LogP contribution in [0.5, 0.6) is 0 Å². The summed E-state index contributed by atoms with van der Waals surface area (Å²) in [5, 5.41) is 0. The molecule has 0 amide bonds. The molecule has 0 bridgehead atoms. The summed E-state index contributed by atoms with van der Waals surface area (Å²) in [5.74, 6) is -2.24. The minimum atomic E-state index is -3.92.